The van der Waals surface area contributed by atoms with Crippen LogP contribution in [-0.4, -0.2) is 43.9 Å². The van der Waals surface area contributed by atoms with Gasteiger partial charge in [0.05, 0.1) is 36.3 Å². The molecule has 1 N–H and O–H groups in total. The van der Waals surface area contributed by atoms with Crippen LogP contribution in [0.4, 0.5) is 13.2 Å². The summed E-state index contributed by atoms with van der Waals surface area (Å²) < 4.78 is 57.4. The zero-order valence-electron chi connectivity index (χ0n) is 22.0. The first-order valence-electron chi connectivity index (χ1n) is 12.9. The van der Waals surface area contributed by atoms with Gasteiger partial charge in [-0.05, 0) is 43.2 Å². The molecule has 1 fully saturated rings. The Morgan fingerprint density at radius 2 is 1.88 bits per heavy atom. The minimum atomic E-state index is -4.83. The normalized spacial score (nSPS) is 17.6. The van der Waals surface area contributed by atoms with E-state index in [2.05, 4.69) is 9.84 Å². The molecule has 0 spiro atoms. The molecule has 0 aliphatic heterocycles. The summed E-state index contributed by atoms with van der Waals surface area (Å²) in [6, 6.07) is 11.2. The maximum atomic E-state index is 12.8. The maximum absolute atomic E-state index is 12.8. The van der Waals surface area contributed by atoms with E-state index >= 15 is 0 Å². The van der Waals surface area contributed by atoms with Crippen LogP contribution >= 0.6 is 0 Å². The van der Waals surface area contributed by atoms with Crippen LogP contribution in [0, 0.1) is 5.92 Å². The lowest BCUT2D eigenvalue weighted by Crippen LogP contribution is -2.27. The van der Waals surface area contributed by atoms with Crippen LogP contribution in [0.25, 0.3) is 11.0 Å². The van der Waals surface area contributed by atoms with Crippen molar-refractivity contribution >= 4 is 17.0 Å². The molecule has 212 valence electrons. The number of carboxylic acid groups (broad SMARTS) is 1. The molecule has 0 saturated heterocycles. The highest BCUT2D eigenvalue weighted by Crippen LogP contribution is 2.40. The number of carboxylic acids is 1. The smallest absolute Gasteiger partial charge is 0.496 e. The van der Waals surface area contributed by atoms with Crippen LogP contribution in [0.1, 0.15) is 48.7 Å². The van der Waals surface area contributed by atoms with E-state index < -0.39 is 24.0 Å². The van der Waals surface area contributed by atoms with Gasteiger partial charge in [0.2, 0.25) is 0 Å². The van der Waals surface area contributed by atoms with Crippen molar-refractivity contribution in [3.8, 4) is 17.2 Å². The Morgan fingerprint density at radius 1 is 1.10 bits per heavy atom. The van der Waals surface area contributed by atoms with E-state index in [4.69, 9.17) is 14.5 Å². The van der Waals surface area contributed by atoms with Gasteiger partial charge in [0.25, 0.3) is 0 Å². The monoisotopic (exact) mass is 558 g/mol. The molecular weight excluding hydrogens is 529 g/mol. The van der Waals surface area contributed by atoms with Crippen molar-refractivity contribution in [3.63, 3.8) is 0 Å². The number of imidazole rings is 1. The molecule has 1 saturated carbocycles. The minimum Gasteiger partial charge on any atom is -0.496 e. The number of aliphatic carboxylic acids is 1. The van der Waals surface area contributed by atoms with Gasteiger partial charge in [-0.3, -0.25) is 9.48 Å². The average Bonchev–Trinajstić information content (AvgIpc) is 3.50. The maximum Gasteiger partial charge on any atom is 0.573 e. The van der Waals surface area contributed by atoms with Crippen molar-refractivity contribution in [2.45, 2.75) is 51.1 Å². The van der Waals surface area contributed by atoms with Gasteiger partial charge in [0, 0.05) is 36.9 Å². The topological polar surface area (TPSA) is 101 Å². The predicted octanol–water partition coefficient (Wildman–Crippen LogP) is 5.66. The summed E-state index contributed by atoms with van der Waals surface area (Å²) in [5.41, 5.74) is 2.71. The zero-order chi connectivity index (χ0) is 28.4. The van der Waals surface area contributed by atoms with E-state index in [-0.39, 0.29) is 24.8 Å². The quantitative estimate of drug-likeness (QED) is 0.283. The fourth-order valence-electron chi connectivity index (χ4n) is 5.32. The summed E-state index contributed by atoms with van der Waals surface area (Å²) in [6.45, 7) is 0.444. The molecule has 2 aromatic carbocycles. The summed E-state index contributed by atoms with van der Waals surface area (Å²) in [5, 5.41) is 14.3. The lowest BCUT2D eigenvalue weighted by Gasteiger charge is -2.28. The highest BCUT2D eigenvalue weighted by Gasteiger charge is 2.36. The number of alkyl halides is 3. The number of carbonyl (C=O) groups is 1. The summed E-state index contributed by atoms with van der Waals surface area (Å²) in [6.07, 6.45) is -0.0900. The number of ether oxygens (including phenoxy) is 3. The third-order valence-corrected chi connectivity index (χ3v) is 7.14. The first-order valence-corrected chi connectivity index (χ1v) is 12.9. The standard InChI is InChI=1S/C28H29F3N4O5/c1-34-12-11-18(33-34)16-39-19-9-10-23-24(13-19)35(26(32-23)21-5-3-4-6-22(21)27(36)37)15-17-7-8-20(14-25(17)38-2)40-28(29,30)31/h7-14,21-22H,3-6,15-16H2,1-2H3,(H,36,37)/t21-,22+/m0/s1. The van der Waals surface area contributed by atoms with Crippen LogP contribution in [0.2, 0.25) is 0 Å². The highest BCUT2D eigenvalue weighted by atomic mass is 19.4. The molecule has 2 atom stereocenters. The van der Waals surface area contributed by atoms with Gasteiger partial charge >= 0.3 is 12.3 Å². The fraction of sp³-hybridized carbons (Fsp3) is 0.393. The van der Waals surface area contributed by atoms with Crippen LogP contribution in [-0.2, 0) is 25.0 Å². The van der Waals surface area contributed by atoms with Crippen molar-refractivity contribution in [2.24, 2.45) is 13.0 Å². The van der Waals surface area contributed by atoms with E-state index in [1.165, 1.54) is 25.3 Å². The fourth-order valence-corrected chi connectivity index (χ4v) is 5.32. The van der Waals surface area contributed by atoms with Gasteiger partial charge in [-0.2, -0.15) is 5.10 Å². The van der Waals surface area contributed by atoms with Crippen LogP contribution in [0.5, 0.6) is 17.2 Å². The first-order chi connectivity index (χ1) is 19.1. The molecule has 1 aliphatic carbocycles. The summed E-state index contributed by atoms with van der Waals surface area (Å²) in [5.74, 6) is -0.785. The summed E-state index contributed by atoms with van der Waals surface area (Å²) >= 11 is 0. The van der Waals surface area contributed by atoms with Crippen molar-refractivity contribution in [3.05, 3.63) is 65.7 Å². The Labute approximate surface area is 228 Å². The molecule has 0 bridgehead atoms. The molecule has 0 unspecified atom stereocenters. The van der Waals surface area contributed by atoms with E-state index in [1.54, 1.807) is 10.7 Å². The van der Waals surface area contributed by atoms with E-state index in [1.807, 2.05) is 36.0 Å². The number of aryl methyl sites for hydroxylation is 1. The summed E-state index contributed by atoms with van der Waals surface area (Å²) in [7, 11) is 3.19. The van der Waals surface area contributed by atoms with E-state index in [0.29, 0.717) is 41.0 Å². The number of benzene rings is 2. The molecule has 1 aliphatic rings. The SMILES string of the molecule is COc1cc(OC(F)(F)F)ccc1Cn1c([C@H]2CCCC[C@H]2C(=O)O)nc2ccc(OCc3ccn(C)n3)cc21. The van der Waals surface area contributed by atoms with Gasteiger partial charge in [0.15, 0.2) is 0 Å². The third kappa shape index (κ3) is 6.00. The van der Waals surface area contributed by atoms with Crippen molar-refractivity contribution in [1.29, 1.82) is 0 Å². The lowest BCUT2D eigenvalue weighted by atomic mass is 9.78. The number of rotatable bonds is 9. The molecule has 40 heavy (non-hydrogen) atoms. The number of hydrogen-bond acceptors (Lipinski definition) is 6. The number of aromatic nitrogens is 4. The first kappa shape index (κ1) is 27.4. The number of hydrogen-bond donors (Lipinski definition) is 1. The van der Waals surface area contributed by atoms with Crippen molar-refractivity contribution in [1.82, 2.24) is 19.3 Å². The number of halogens is 3. The van der Waals surface area contributed by atoms with Gasteiger partial charge in [-0.25, -0.2) is 4.98 Å². The second-order valence-electron chi connectivity index (χ2n) is 9.83. The van der Waals surface area contributed by atoms with E-state index in [9.17, 15) is 23.1 Å². The number of nitrogens with zero attached hydrogens (tertiary/aromatic N) is 4. The molecule has 2 heterocycles. The van der Waals surface area contributed by atoms with Crippen molar-refractivity contribution in [2.75, 3.05) is 7.11 Å². The third-order valence-electron chi connectivity index (χ3n) is 7.14. The molecule has 12 heteroatoms. The Kier molecular flexibility index (Phi) is 7.59. The predicted molar refractivity (Wildman–Crippen MR) is 138 cm³/mol. The van der Waals surface area contributed by atoms with Crippen molar-refractivity contribution < 1.29 is 37.3 Å². The molecule has 0 amide bonds. The Hall–Kier alpha value is -4.22. The molecule has 4 aromatic rings. The van der Waals surface area contributed by atoms with Gasteiger partial charge in [-0.15, -0.1) is 13.2 Å². The number of fused-ring (bicyclic) bond motifs is 1. The largest absolute Gasteiger partial charge is 0.573 e. The molecular formula is C28H29F3N4O5. The molecule has 0 radical (unpaired) electrons. The molecule has 5 rings (SSSR count). The molecule has 2 aromatic heterocycles. The minimum absolute atomic E-state index is 0.188. The molecule has 9 nitrogen and oxygen atoms in total. The average molecular weight is 559 g/mol. The van der Waals surface area contributed by atoms with Gasteiger partial charge in [-0.1, -0.05) is 12.8 Å². The van der Waals surface area contributed by atoms with Crippen LogP contribution in [0.3, 0.4) is 0 Å². The van der Waals surface area contributed by atoms with Gasteiger partial charge < -0.3 is 23.9 Å². The highest BCUT2D eigenvalue weighted by molar-refractivity contribution is 5.79. The van der Waals surface area contributed by atoms with Crippen LogP contribution < -0.4 is 14.2 Å². The number of methoxy groups -OCH3 is 1. The summed E-state index contributed by atoms with van der Waals surface area (Å²) in [4.78, 5) is 17.0. The van der Waals surface area contributed by atoms with Crippen LogP contribution in [0.15, 0.2) is 48.7 Å². The zero-order valence-corrected chi connectivity index (χ0v) is 22.0. The van der Waals surface area contributed by atoms with Gasteiger partial charge in [0.1, 0.15) is 29.7 Å². The van der Waals surface area contributed by atoms with E-state index in [0.717, 1.165) is 18.5 Å². The second-order valence-corrected chi connectivity index (χ2v) is 9.83. The Balaban J connectivity index is 1.55. The second kappa shape index (κ2) is 11.1. The Morgan fingerprint density at radius 3 is 2.58 bits per heavy atom. The Bertz CT molecular complexity index is 1510. The lowest BCUT2D eigenvalue weighted by molar-refractivity contribution is -0.274.